The second-order valence-corrected chi connectivity index (χ2v) is 24.1. The van der Waals surface area contributed by atoms with E-state index in [1.807, 2.05) is 31.3 Å². The number of aromatic nitrogens is 6. The number of carboxylic acid groups (broad SMARTS) is 1. The van der Waals surface area contributed by atoms with Crippen molar-refractivity contribution >= 4 is 63.7 Å². The molecular weight excluding hydrogens is 1260 g/mol. The molecule has 1 saturated heterocycles. The van der Waals surface area contributed by atoms with Crippen molar-refractivity contribution in [2.45, 2.75) is 121 Å². The number of benzene rings is 3. The Morgan fingerprint density at radius 3 is 2.22 bits per heavy atom. The third kappa shape index (κ3) is 16.3. The summed E-state index contributed by atoms with van der Waals surface area (Å²) in [6.07, 6.45) is 3.19. The second kappa shape index (κ2) is 31.5. The van der Waals surface area contributed by atoms with Crippen LogP contribution in [0.5, 0.6) is 28.7 Å². The number of carbonyl (C=O) groups excluding carboxylic acids is 5. The summed E-state index contributed by atoms with van der Waals surface area (Å²) in [4.78, 5) is 93.0. The maximum absolute atomic E-state index is 13.7. The van der Waals surface area contributed by atoms with Gasteiger partial charge in [-0.2, -0.15) is 14.9 Å². The van der Waals surface area contributed by atoms with Crippen LogP contribution in [0, 0.1) is 11.3 Å². The summed E-state index contributed by atoms with van der Waals surface area (Å²) in [6.45, 7) is 3.19. The zero-order chi connectivity index (χ0) is 69.0. The first-order valence-corrected chi connectivity index (χ1v) is 31.9. The largest absolute Gasteiger partial charge is 0.493 e. The lowest BCUT2D eigenvalue weighted by molar-refractivity contribution is -0.686. The molecule has 10 rings (SSSR count). The van der Waals surface area contributed by atoms with Crippen molar-refractivity contribution in [3.05, 3.63) is 96.8 Å². The number of ether oxygens (including phenoxy) is 8. The Morgan fingerprint density at radius 2 is 1.48 bits per heavy atom. The number of aryl methyl sites for hydroxylation is 2. The van der Waals surface area contributed by atoms with E-state index in [9.17, 15) is 49.2 Å². The molecule has 3 aliphatic rings. The fourth-order valence-electron chi connectivity index (χ4n) is 11.4. The standard InChI is InChI=1S/C67H78N12O18/c1-40(19-22-68)79-35-44(34-71-79)55-45-21-24-78(61(45)70-38-69-55)64(86)73(2)25-26-75(4)66(88)92-37-41-15-17-50(95-63-58(83)56(81)57(82)60(96-63)62(84)85)48(30-41)72-54(80)14-12-10-8-7-9-11-13-29-91-65(87)74(3)27-28-76(5)67(89)97-59-47-36-77-23-20-43-32-52-53(94-39-93-52)33-46(43)49(77)31-42(47)16-18-51(59)90-6/h15-18,21,24,30-36,38,40,56-58,60,63,81-83H,7-14,19-20,23,25-29,37,39H2,1-6H3,(H-,72,80,84,85)/p+1/t40-,56-,57-,58+,60-,63+/m0/s1. The van der Waals surface area contributed by atoms with Gasteiger partial charge in [-0.3, -0.25) is 14.0 Å². The highest BCUT2D eigenvalue weighted by molar-refractivity contribution is 5.97. The minimum Gasteiger partial charge on any atom is -0.493 e. The number of rotatable bonds is 27. The molecule has 30 heteroatoms. The molecule has 7 heterocycles. The van der Waals surface area contributed by atoms with E-state index < -0.39 is 66.9 Å². The Hall–Kier alpha value is -10.4. The average molecular weight is 1340 g/mol. The van der Waals surface area contributed by atoms with Gasteiger partial charge in [-0.05, 0) is 78.7 Å². The molecule has 0 aliphatic carbocycles. The molecule has 0 spiro atoms. The molecule has 6 atom stereocenters. The number of aliphatic carboxylic acids is 1. The highest BCUT2D eigenvalue weighted by Crippen LogP contribution is 2.42. The van der Waals surface area contributed by atoms with E-state index in [4.69, 9.17) is 43.2 Å². The molecule has 30 nitrogen and oxygen atoms in total. The maximum atomic E-state index is 13.7. The van der Waals surface area contributed by atoms with Gasteiger partial charge in [0, 0.05) is 96.6 Å². The molecule has 0 bridgehead atoms. The van der Waals surface area contributed by atoms with Crippen molar-refractivity contribution in [2.75, 3.05) is 80.2 Å². The summed E-state index contributed by atoms with van der Waals surface area (Å²) >= 11 is 0. The Kier molecular flexibility index (Phi) is 22.5. The third-order valence-electron chi connectivity index (χ3n) is 17.2. The van der Waals surface area contributed by atoms with Crippen molar-refractivity contribution < 1.29 is 91.7 Å². The Bertz CT molecular complexity index is 4080. The number of nitrogens with one attached hydrogen (secondary N) is 1. The van der Waals surface area contributed by atoms with Crippen LogP contribution in [-0.2, 0) is 43.4 Å². The number of nitriles is 1. The molecule has 7 aromatic rings. The number of aliphatic hydroxyl groups is 3. The minimum atomic E-state index is -1.97. The number of pyridine rings is 1. The van der Waals surface area contributed by atoms with Crippen LogP contribution in [-0.4, -0.2) is 206 Å². The predicted octanol–water partition coefficient (Wildman–Crippen LogP) is 6.87. The summed E-state index contributed by atoms with van der Waals surface area (Å²) < 4.78 is 50.4. The first kappa shape index (κ1) is 69.5. The van der Waals surface area contributed by atoms with Gasteiger partial charge in [-0.25, -0.2) is 33.9 Å². The number of likely N-dealkylation sites (N-methyl/N-ethyl adjacent to an activating group) is 4. The van der Waals surface area contributed by atoms with Crippen molar-refractivity contribution in [1.82, 2.24) is 43.9 Å². The third-order valence-corrected chi connectivity index (χ3v) is 17.2. The number of methoxy groups -OCH3 is 1. The molecule has 0 saturated carbocycles. The molecule has 514 valence electrons. The normalized spacial score (nSPS) is 17.1. The Balaban J connectivity index is 0.641. The number of aliphatic hydroxyl groups excluding tert-OH is 3. The second-order valence-electron chi connectivity index (χ2n) is 24.1. The van der Waals surface area contributed by atoms with E-state index in [0.717, 1.165) is 60.1 Å². The zero-order valence-corrected chi connectivity index (χ0v) is 54.7. The highest BCUT2D eigenvalue weighted by Gasteiger charge is 2.48. The van der Waals surface area contributed by atoms with Crippen LogP contribution in [0.15, 0.2) is 85.7 Å². The minimum absolute atomic E-state index is 0.0457. The molecule has 3 aromatic carbocycles. The predicted molar refractivity (Wildman–Crippen MR) is 345 cm³/mol. The fraction of sp³-hybridized carbons (Fsp3) is 0.448. The van der Waals surface area contributed by atoms with Gasteiger partial charge in [-0.1, -0.05) is 38.2 Å². The van der Waals surface area contributed by atoms with Gasteiger partial charge >= 0.3 is 30.3 Å². The smallest absolute Gasteiger partial charge is 0.415 e. The SMILES string of the molecule is COc1ccc2cc3[n+](cc2c1OC(=O)N(C)CCN(C)C(=O)OCCCCCCCCCC(=O)Nc1cc(COC(=O)N(C)CCN(C)C(=O)n2ccc4c(-c5cnn([C@@H](C)CC#N)c5)ncnc42)ccc1O[C@@H]1O[C@H](C(=O)O)[C@@H](O)[C@H](O)[C@H]1O)CCc1cc2c(cc1-3)OCO2. The average Bonchev–Trinajstić information content (AvgIpc) is 0.809. The number of carbonyl (C=O) groups is 6. The molecule has 5 amide bonds. The van der Waals surface area contributed by atoms with Gasteiger partial charge < -0.3 is 83.2 Å². The van der Waals surface area contributed by atoms with Gasteiger partial charge in [-0.15, -0.1) is 0 Å². The Labute approximate surface area is 557 Å². The van der Waals surface area contributed by atoms with Crippen LogP contribution in [0.25, 0.3) is 44.3 Å². The van der Waals surface area contributed by atoms with E-state index in [-0.39, 0.29) is 82.3 Å². The van der Waals surface area contributed by atoms with E-state index in [0.29, 0.717) is 70.5 Å². The molecule has 3 aliphatic heterocycles. The number of fused-ring (bicyclic) bond motifs is 6. The van der Waals surface area contributed by atoms with Gasteiger partial charge in [0.05, 0.1) is 60.8 Å². The summed E-state index contributed by atoms with van der Waals surface area (Å²) in [5.41, 5.74) is 5.24. The monoisotopic (exact) mass is 1340 g/mol. The van der Waals surface area contributed by atoms with E-state index in [1.165, 1.54) is 62.9 Å². The molecular formula is C67H79N12O18+. The van der Waals surface area contributed by atoms with Gasteiger partial charge in [0.2, 0.25) is 24.7 Å². The van der Waals surface area contributed by atoms with Gasteiger partial charge in [0.25, 0.3) is 0 Å². The summed E-state index contributed by atoms with van der Waals surface area (Å²) in [6, 6.07) is 17.4. The number of hydrogen-bond donors (Lipinski definition) is 5. The first-order chi connectivity index (χ1) is 46.7. The van der Waals surface area contributed by atoms with Crippen molar-refractivity contribution in [2.24, 2.45) is 0 Å². The number of amides is 5. The number of anilines is 1. The van der Waals surface area contributed by atoms with Crippen molar-refractivity contribution in [1.29, 1.82) is 5.26 Å². The van der Waals surface area contributed by atoms with Gasteiger partial charge in [0.15, 0.2) is 47.5 Å². The van der Waals surface area contributed by atoms with Crippen molar-refractivity contribution in [3.8, 4) is 57.3 Å². The summed E-state index contributed by atoms with van der Waals surface area (Å²) in [5.74, 6) is -0.00754. The molecule has 1 fully saturated rings. The number of unbranched alkanes of at least 4 members (excludes halogenated alkanes) is 6. The number of nitrogens with zero attached hydrogens (tertiary/aromatic N) is 11. The molecule has 4 aromatic heterocycles. The lowest BCUT2D eigenvalue weighted by Gasteiger charge is -2.38. The van der Waals surface area contributed by atoms with Crippen LogP contribution >= 0.6 is 0 Å². The van der Waals surface area contributed by atoms with E-state index >= 15 is 0 Å². The zero-order valence-electron chi connectivity index (χ0n) is 54.7. The maximum Gasteiger partial charge on any atom is 0.415 e. The van der Waals surface area contributed by atoms with E-state index in [1.54, 1.807) is 56.5 Å². The van der Waals surface area contributed by atoms with Gasteiger partial charge in [0.1, 0.15) is 37.0 Å². The number of hydrogen-bond acceptors (Lipinski definition) is 21. The van der Waals surface area contributed by atoms with Crippen molar-refractivity contribution in [3.63, 3.8) is 0 Å². The fourth-order valence-corrected chi connectivity index (χ4v) is 11.4. The Morgan fingerprint density at radius 1 is 0.794 bits per heavy atom. The van der Waals surface area contributed by atoms with E-state index in [2.05, 4.69) is 37.1 Å². The molecule has 97 heavy (non-hydrogen) atoms. The summed E-state index contributed by atoms with van der Waals surface area (Å²) in [7, 11) is 7.77. The molecule has 0 radical (unpaired) electrons. The van der Waals surface area contributed by atoms with Crippen LogP contribution in [0.4, 0.5) is 24.9 Å². The van der Waals surface area contributed by atoms with Crippen LogP contribution in [0.3, 0.4) is 0 Å². The quantitative estimate of drug-likeness (QED) is 0.0259. The summed E-state index contributed by atoms with van der Waals surface area (Å²) in [5, 5.41) is 59.5. The molecule has 5 N–H and O–H groups in total. The number of carboxylic acids is 1. The lowest BCUT2D eigenvalue weighted by Crippen LogP contribution is -2.61. The highest BCUT2D eigenvalue weighted by atomic mass is 16.7. The first-order valence-electron chi connectivity index (χ1n) is 31.9. The lowest BCUT2D eigenvalue weighted by atomic mass is 9.95. The van der Waals surface area contributed by atoms with Crippen LogP contribution < -0.4 is 33.6 Å². The molecule has 0 unspecified atom stereocenters. The van der Waals surface area contributed by atoms with Crippen LogP contribution in [0.1, 0.15) is 81.9 Å². The van der Waals surface area contributed by atoms with Crippen LogP contribution in [0.2, 0.25) is 0 Å². The topological polar surface area (TPSA) is 358 Å².